The van der Waals surface area contributed by atoms with E-state index in [0.717, 1.165) is 25.7 Å². The SMILES string of the molecule is CCCCCCOC(=O)C(C)C1OC[C@@H](O)[C@H](O)[C@H]1O. The number of carbonyl (C=O) groups is 1. The van der Waals surface area contributed by atoms with Crippen molar-refractivity contribution >= 4 is 5.97 Å². The van der Waals surface area contributed by atoms with E-state index in [2.05, 4.69) is 6.92 Å². The average molecular weight is 290 g/mol. The van der Waals surface area contributed by atoms with Crippen LogP contribution < -0.4 is 0 Å². The van der Waals surface area contributed by atoms with E-state index in [9.17, 15) is 20.1 Å². The molecule has 0 radical (unpaired) electrons. The highest BCUT2D eigenvalue weighted by Gasteiger charge is 2.42. The Balaban J connectivity index is 2.36. The Morgan fingerprint density at radius 3 is 2.60 bits per heavy atom. The maximum atomic E-state index is 11.9. The monoisotopic (exact) mass is 290 g/mol. The molecular weight excluding hydrogens is 264 g/mol. The van der Waals surface area contributed by atoms with Crippen LogP contribution in [0.2, 0.25) is 0 Å². The quantitative estimate of drug-likeness (QED) is 0.459. The Labute approximate surface area is 119 Å². The van der Waals surface area contributed by atoms with Gasteiger partial charge in [-0.05, 0) is 13.3 Å². The molecule has 0 amide bonds. The number of esters is 1. The van der Waals surface area contributed by atoms with Gasteiger partial charge in [0.25, 0.3) is 0 Å². The summed E-state index contributed by atoms with van der Waals surface area (Å²) in [5.74, 6) is -1.13. The van der Waals surface area contributed by atoms with Crippen molar-refractivity contribution in [1.29, 1.82) is 0 Å². The van der Waals surface area contributed by atoms with Crippen molar-refractivity contribution in [3.8, 4) is 0 Å². The highest BCUT2D eigenvalue weighted by Crippen LogP contribution is 2.22. The van der Waals surface area contributed by atoms with Gasteiger partial charge in [-0.2, -0.15) is 0 Å². The molecule has 6 heteroatoms. The lowest BCUT2D eigenvalue weighted by Crippen LogP contribution is -2.56. The summed E-state index contributed by atoms with van der Waals surface area (Å²) in [6.07, 6.45) is -0.494. The van der Waals surface area contributed by atoms with E-state index in [4.69, 9.17) is 9.47 Å². The van der Waals surface area contributed by atoms with Crippen LogP contribution >= 0.6 is 0 Å². The van der Waals surface area contributed by atoms with Gasteiger partial charge < -0.3 is 24.8 Å². The van der Waals surface area contributed by atoms with Gasteiger partial charge >= 0.3 is 5.97 Å². The number of unbranched alkanes of at least 4 members (excludes halogenated alkanes) is 3. The zero-order chi connectivity index (χ0) is 15.1. The van der Waals surface area contributed by atoms with Crippen LogP contribution in [0.4, 0.5) is 0 Å². The van der Waals surface area contributed by atoms with E-state index in [0.29, 0.717) is 6.61 Å². The maximum Gasteiger partial charge on any atom is 0.311 e. The van der Waals surface area contributed by atoms with Crippen LogP contribution in [0.3, 0.4) is 0 Å². The van der Waals surface area contributed by atoms with Crippen molar-refractivity contribution in [2.75, 3.05) is 13.2 Å². The van der Waals surface area contributed by atoms with E-state index < -0.39 is 36.3 Å². The molecule has 2 unspecified atom stereocenters. The van der Waals surface area contributed by atoms with Crippen LogP contribution in [0.25, 0.3) is 0 Å². The molecule has 0 aliphatic carbocycles. The first kappa shape index (κ1) is 17.4. The number of rotatable bonds is 7. The van der Waals surface area contributed by atoms with Crippen molar-refractivity contribution in [3.63, 3.8) is 0 Å². The molecule has 5 atom stereocenters. The van der Waals surface area contributed by atoms with Gasteiger partial charge in [0.05, 0.1) is 25.2 Å². The third-order valence-electron chi connectivity index (χ3n) is 3.65. The lowest BCUT2D eigenvalue weighted by atomic mass is 9.91. The predicted molar refractivity (Wildman–Crippen MR) is 72.0 cm³/mol. The van der Waals surface area contributed by atoms with Gasteiger partial charge in [0, 0.05) is 0 Å². The first-order chi connectivity index (χ1) is 9.49. The molecule has 1 saturated heterocycles. The van der Waals surface area contributed by atoms with E-state index in [1.165, 1.54) is 0 Å². The largest absolute Gasteiger partial charge is 0.465 e. The Hall–Kier alpha value is -0.690. The molecule has 3 N–H and O–H groups in total. The number of ether oxygens (including phenoxy) is 2. The Morgan fingerprint density at radius 1 is 1.25 bits per heavy atom. The molecule has 0 aromatic carbocycles. The van der Waals surface area contributed by atoms with E-state index in [-0.39, 0.29) is 6.61 Å². The number of carbonyl (C=O) groups excluding carboxylic acids is 1. The highest BCUT2D eigenvalue weighted by molar-refractivity contribution is 5.72. The van der Waals surface area contributed by atoms with Gasteiger partial charge in [0.2, 0.25) is 0 Å². The number of aliphatic hydroxyl groups is 3. The summed E-state index contributed by atoms with van der Waals surface area (Å²) in [4.78, 5) is 11.9. The molecule has 1 aliphatic rings. The van der Waals surface area contributed by atoms with Crippen molar-refractivity contribution in [1.82, 2.24) is 0 Å². The fourth-order valence-electron chi connectivity index (χ4n) is 2.24. The molecule has 0 saturated carbocycles. The van der Waals surface area contributed by atoms with Crippen LogP contribution in [-0.2, 0) is 14.3 Å². The Morgan fingerprint density at radius 2 is 1.95 bits per heavy atom. The molecule has 20 heavy (non-hydrogen) atoms. The van der Waals surface area contributed by atoms with Crippen molar-refractivity contribution in [2.24, 2.45) is 5.92 Å². The minimum absolute atomic E-state index is 0.100. The highest BCUT2D eigenvalue weighted by atomic mass is 16.5. The van der Waals surface area contributed by atoms with Gasteiger partial charge in [0.1, 0.15) is 18.3 Å². The van der Waals surface area contributed by atoms with Crippen molar-refractivity contribution in [2.45, 2.75) is 63.9 Å². The van der Waals surface area contributed by atoms with Crippen LogP contribution in [-0.4, -0.2) is 58.9 Å². The fourth-order valence-corrected chi connectivity index (χ4v) is 2.24. The lowest BCUT2D eigenvalue weighted by Gasteiger charge is -2.37. The average Bonchev–Trinajstić information content (AvgIpc) is 2.44. The lowest BCUT2D eigenvalue weighted by molar-refractivity contribution is -0.205. The zero-order valence-corrected chi connectivity index (χ0v) is 12.2. The molecule has 118 valence electrons. The molecular formula is C14H26O6. The molecule has 1 aliphatic heterocycles. The molecule has 1 rings (SSSR count). The van der Waals surface area contributed by atoms with Crippen LogP contribution in [0, 0.1) is 5.92 Å². The van der Waals surface area contributed by atoms with Gasteiger partial charge in [0.15, 0.2) is 0 Å². The molecule has 6 nitrogen and oxygen atoms in total. The third-order valence-corrected chi connectivity index (χ3v) is 3.65. The summed E-state index contributed by atoms with van der Waals surface area (Å²) < 4.78 is 10.4. The van der Waals surface area contributed by atoms with Crippen LogP contribution in [0.5, 0.6) is 0 Å². The van der Waals surface area contributed by atoms with E-state index in [1.54, 1.807) is 6.92 Å². The van der Waals surface area contributed by atoms with Crippen LogP contribution in [0.1, 0.15) is 39.5 Å². The molecule has 1 heterocycles. The second-order valence-corrected chi connectivity index (χ2v) is 5.36. The maximum absolute atomic E-state index is 11.9. The van der Waals surface area contributed by atoms with E-state index >= 15 is 0 Å². The second-order valence-electron chi connectivity index (χ2n) is 5.36. The number of hydrogen-bond acceptors (Lipinski definition) is 6. The van der Waals surface area contributed by atoms with Gasteiger partial charge in [-0.1, -0.05) is 26.2 Å². The van der Waals surface area contributed by atoms with E-state index in [1.807, 2.05) is 0 Å². The molecule has 0 aromatic rings. The first-order valence-corrected chi connectivity index (χ1v) is 7.31. The fraction of sp³-hybridized carbons (Fsp3) is 0.929. The van der Waals surface area contributed by atoms with Crippen molar-refractivity contribution < 1.29 is 29.6 Å². The molecule has 0 bridgehead atoms. The zero-order valence-electron chi connectivity index (χ0n) is 12.2. The summed E-state index contributed by atoms with van der Waals surface area (Å²) >= 11 is 0. The second kappa shape index (κ2) is 8.56. The minimum Gasteiger partial charge on any atom is -0.465 e. The topological polar surface area (TPSA) is 96.2 Å². The minimum atomic E-state index is -1.30. The summed E-state index contributed by atoms with van der Waals surface area (Å²) in [6.45, 7) is 3.95. The molecule has 1 fully saturated rings. The summed E-state index contributed by atoms with van der Waals surface area (Å²) in [7, 11) is 0. The van der Waals surface area contributed by atoms with Crippen molar-refractivity contribution in [3.05, 3.63) is 0 Å². The molecule has 0 aromatic heterocycles. The Bertz CT molecular complexity index is 295. The van der Waals surface area contributed by atoms with Gasteiger partial charge in [-0.15, -0.1) is 0 Å². The number of hydrogen-bond donors (Lipinski definition) is 3. The molecule has 0 spiro atoms. The predicted octanol–water partition coefficient (Wildman–Crippen LogP) is 0.227. The third kappa shape index (κ3) is 4.70. The number of aliphatic hydroxyl groups excluding tert-OH is 3. The summed E-state index contributed by atoms with van der Waals surface area (Å²) in [6, 6.07) is 0. The van der Waals surface area contributed by atoms with Crippen LogP contribution in [0.15, 0.2) is 0 Å². The normalized spacial score (nSPS) is 31.9. The van der Waals surface area contributed by atoms with Gasteiger partial charge in [-0.3, -0.25) is 4.79 Å². The standard InChI is InChI=1S/C14H26O6/c1-3-4-5-6-7-19-14(18)9(2)13-12(17)11(16)10(15)8-20-13/h9-13,15-17H,3-8H2,1-2H3/t9?,10-,11+,12-,13?/m1/s1. The first-order valence-electron chi connectivity index (χ1n) is 7.31. The summed E-state index contributed by atoms with van der Waals surface area (Å²) in [5.41, 5.74) is 0. The Kier molecular flexibility index (Phi) is 7.43. The smallest absolute Gasteiger partial charge is 0.311 e. The van der Waals surface area contributed by atoms with Gasteiger partial charge in [-0.25, -0.2) is 0 Å². The summed E-state index contributed by atoms with van der Waals surface area (Å²) in [5, 5.41) is 28.8.